The predicted octanol–water partition coefficient (Wildman–Crippen LogP) is 4.21. The molecule has 0 aliphatic heterocycles. The van der Waals surface area contributed by atoms with Gasteiger partial charge in [0.2, 0.25) is 0 Å². The van der Waals surface area contributed by atoms with Gasteiger partial charge in [-0.1, -0.05) is 37.8 Å². The van der Waals surface area contributed by atoms with Crippen molar-refractivity contribution in [2.24, 2.45) is 0 Å². The van der Waals surface area contributed by atoms with Gasteiger partial charge in [-0.25, -0.2) is 0 Å². The van der Waals surface area contributed by atoms with E-state index in [2.05, 4.69) is 59.8 Å². The van der Waals surface area contributed by atoms with Crippen molar-refractivity contribution in [3.8, 4) is 0 Å². The number of fused-ring (bicyclic) bond motifs is 1. The number of thiophene rings is 1. The largest absolute Gasteiger partial charge is 0.144 e. The van der Waals surface area contributed by atoms with E-state index in [1.807, 2.05) is 11.3 Å². The molecule has 0 amide bonds. The molecule has 0 fully saturated rings. The SMILES string of the molecule is C[Si](C)(C)c1sc2ccccc2c1Br. The molecule has 0 saturated carbocycles. The van der Waals surface area contributed by atoms with Crippen LogP contribution in [0.2, 0.25) is 19.6 Å². The maximum Gasteiger partial charge on any atom is 0.0919 e. The fourth-order valence-corrected chi connectivity index (χ4v) is 7.19. The number of benzene rings is 1. The molecule has 0 atom stereocenters. The minimum Gasteiger partial charge on any atom is -0.144 e. The third-order valence-corrected chi connectivity index (χ3v) is 8.41. The molecule has 2 aromatic rings. The fourth-order valence-electron chi connectivity index (χ4n) is 1.50. The van der Waals surface area contributed by atoms with E-state index in [9.17, 15) is 0 Å². The van der Waals surface area contributed by atoms with E-state index in [-0.39, 0.29) is 0 Å². The van der Waals surface area contributed by atoms with Gasteiger partial charge in [0.25, 0.3) is 0 Å². The van der Waals surface area contributed by atoms with E-state index in [0.29, 0.717) is 0 Å². The Labute approximate surface area is 98.1 Å². The van der Waals surface area contributed by atoms with Gasteiger partial charge in [-0.2, -0.15) is 0 Å². The lowest BCUT2D eigenvalue weighted by Gasteiger charge is -2.13. The standard InChI is InChI=1S/C11H13BrSSi/c1-14(2,3)11-10(12)8-6-4-5-7-9(8)13-11/h4-7H,1-3H3. The molecule has 74 valence electrons. The van der Waals surface area contributed by atoms with Gasteiger partial charge in [-0.05, 0) is 22.0 Å². The maximum absolute atomic E-state index is 3.73. The van der Waals surface area contributed by atoms with Gasteiger partial charge in [0.15, 0.2) is 0 Å². The van der Waals surface area contributed by atoms with Crippen LogP contribution in [-0.4, -0.2) is 8.07 Å². The molecule has 0 aliphatic rings. The lowest BCUT2D eigenvalue weighted by molar-refractivity contribution is 1.77. The van der Waals surface area contributed by atoms with Gasteiger partial charge in [0, 0.05) is 19.1 Å². The van der Waals surface area contributed by atoms with Crippen LogP contribution in [0.15, 0.2) is 28.7 Å². The molecular formula is C11H13BrSSi. The third-order valence-electron chi connectivity index (χ3n) is 2.22. The molecule has 14 heavy (non-hydrogen) atoms. The van der Waals surface area contributed by atoms with Crippen LogP contribution >= 0.6 is 27.3 Å². The highest BCUT2D eigenvalue weighted by atomic mass is 79.9. The summed E-state index contributed by atoms with van der Waals surface area (Å²) in [7, 11) is -1.19. The van der Waals surface area contributed by atoms with Crippen molar-refractivity contribution in [3.05, 3.63) is 28.7 Å². The molecule has 1 heterocycles. The van der Waals surface area contributed by atoms with Crippen LogP contribution in [0, 0.1) is 0 Å². The molecule has 0 unspecified atom stereocenters. The highest BCUT2D eigenvalue weighted by molar-refractivity contribution is 9.11. The summed E-state index contributed by atoms with van der Waals surface area (Å²) in [6, 6.07) is 8.61. The van der Waals surface area contributed by atoms with Crippen molar-refractivity contribution in [2.45, 2.75) is 19.6 Å². The Kier molecular flexibility index (Phi) is 2.58. The average Bonchev–Trinajstić information content (AvgIpc) is 2.44. The summed E-state index contributed by atoms with van der Waals surface area (Å²) in [6.07, 6.45) is 0. The van der Waals surface area contributed by atoms with Crippen LogP contribution in [0.3, 0.4) is 0 Å². The number of halogens is 1. The zero-order valence-electron chi connectivity index (χ0n) is 8.60. The Bertz CT molecular complexity index is 468. The van der Waals surface area contributed by atoms with Crippen LogP contribution in [0.5, 0.6) is 0 Å². The van der Waals surface area contributed by atoms with Gasteiger partial charge < -0.3 is 0 Å². The van der Waals surface area contributed by atoms with Crippen LogP contribution in [0.25, 0.3) is 10.1 Å². The first-order valence-electron chi connectivity index (χ1n) is 4.67. The van der Waals surface area contributed by atoms with Crippen molar-refractivity contribution in [2.75, 3.05) is 0 Å². The van der Waals surface area contributed by atoms with Crippen LogP contribution in [0.1, 0.15) is 0 Å². The lowest BCUT2D eigenvalue weighted by Crippen LogP contribution is -2.35. The maximum atomic E-state index is 3.73. The highest BCUT2D eigenvalue weighted by Crippen LogP contribution is 2.30. The fraction of sp³-hybridized carbons (Fsp3) is 0.273. The lowest BCUT2D eigenvalue weighted by atomic mass is 10.3. The van der Waals surface area contributed by atoms with E-state index in [1.54, 1.807) is 4.50 Å². The minimum absolute atomic E-state index is 1.19. The highest BCUT2D eigenvalue weighted by Gasteiger charge is 2.23. The number of hydrogen-bond acceptors (Lipinski definition) is 1. The Morgan fingerprint density at radius 1 is 1.14 bits per heavy atom. The van der Waals surface area contributed by atoms with Gasteiger partial charge in [-0.3, -0.25) is 0 Å². The van der Waals surface area contributed by atoms with Crippen LogP contribution < -0.4 is 4.50 Å². The van der Waals surface area contributed by atoms with E-state index in [1.165, 1.54) is 14.6 Å². The zero-order valence-corrected chi connectivity index (χ0v) is 12.0. The number of hydrogen-bond donors (Lipinski definition) is 0. The average molecular weight is 285 g/mol. The minimum atomic E-state index is -1.19. The summed E-state index contributed by atoms with van der Waals surface area (Å²) in [5, 5.41) is 1.37. The summed E-state index contributed by atoms with van der Waals surface area (Å²) in [5.74, 6) is 0. The van der Waals surface area contributed by atoms with E-state index in [0.717, 1.165) is 0 Å². The molecule has 0 bridgehead atoms. The summed E-state index contributed by atoms with van der Waals surface area (Å²) in [4.78, 5) is 0. The zero-order chi connectivity index (χ0) is 10.3. The summed E-state index contributed by atoms with van der Waals surface area (Å²) in [5.41, 5.74) is 0. The Morgan fingerprint density at radius 3 is 2.36 bits per heavy atom. The Morgan fingerprint density at radius 2 is 1.79 bits per heavy atom. The van der Waals surface area contributed by atoms with E-state index < -0.39 is 8.07 Å². The quantitative estimate of drug-likeness (QED) is 0.689. The van der Waals surface area contributed by atoms with E-state index in [4.69, 9.17) is 0 Å². The van der Waals surface area contributed by atoms with Crippen molar-refractivity contribution >= 4 is 49.9 Å². The molecule has 0 nitrogen and oxygen atoms in total. The van der Waals surface area contributed by atoms with Crippen LogP contribution in [-0.2, 0) is 0 Å². The second-order valence-electron chi connectivity index (χ2n) is 4.49. The molecular weight excluding hydrogens is 272 g/mol. The second kappa shape index (κ2) is 3.47. The van der Waals surface area contributed by atoms with E-state index >= 15 is 0 Å². The molecule has 1 aromatic carbocycles. The molecule has 0 radical (unpaired) electrons. The van der Waals surface area contributed by atoms with Gasteiger partial charge in [0.05, 0.1) is 8.07 Å². The van der Waals surface area contributed by atoms with Crippen molar-refractivity contribution in [1.82, 2.24) is 0 Å². The van der Waals surface area contributed by atoms with Gasteiger partial charge in [-0.15, -0.1) is 11.3 Å². The Hall–Kier alpha value is -0.123. The van der Waals surface area contributed by atoms with Crippen molar-refractivity contribution in [1.29, 1.82) is 0 Å². The topological polar surface area (TPSA) is 0 Å². The molecule has 0 N–H and O–H groups in total. The van der Waals surface area contributed by atoms with Gasteiger partial charge in [0.1, 0.15) is 0 Å². The molecule has 1 aromatic heterocycles. The third kappa shape index (κ3) is 1.69. The summed E-state index contributed by atoms with van der Waals surface area (Å²) in [6.45, 7) is 7.17. The molecule has 0 spiro atoms. The monoisotopic (exact) mass is 284 g/mol. The van der Waals surface area contributed by atoms with Crippen LogP contribution in [0.4, 0.5) is 0 Å². The second-order valence-corrected chi connectivity index (χ2v) is 11.7. The van der Waals surface area contributed by atoms with Crippen molar-refractivity contribution in [3.63, 3.8) is 0 Å². The predicted molar refractivity (Wildman–Crippen MR) is 72.5 cm³/mol. The molecule has 3 heteroatoms. The van der Waals surface area contributed by atoms with Gasteiger partial charge >= 0.3 is 0 Å². The normalized spacial score (nSPS) is 12.3. The summed E-state index contributed by atoms with van der Waals surface area (Å²) < 4.78 is 4.30. The first-order valence-corrected chi connectivity index (χ1v) is 9.78. The first kappa shape index (κ1) is 10.4. The molecule has 0 saturated heterocycles. The molecule has 0 aliphatic carbocycles. The first-order chi connectivity index (χ1) is 6.50. The smallest absolute Gasteiger partial charge is 0.0919 e. The summed E-state index contributed by atoms with van der Waals surface area (Å²) >= 11 is 5.68. The number of rotatable bonds is 1. The Balaban J connectivity index is 2.75. The van der Waals surface area contributed by atoms with Crippen molar-refractivity contribution < 1.29 is 0 Å². The molecule has 2 rings (SSSR count).